The van der Waals surface area contributed by atoms with Crippen molar-refractivity contribution in [2.24, 2.45) is 5.73 Å². The van der Waals surface area contributed by atoms with E-state index >= 15 is 0 Å². The number of nitrogens with zero attached hydrogens (tertiary/aromatic N) is 2. The molecule has 1 atom stereocenters. The van der Waals surface area contributed by atoms with Crippen LogP contribution in [0.4, 0.5) is 10.5 Å². The minimum absolute atomic E-state index is 0.0225. The molecule has 0 saturated heterocycles. The molecule has 2 amide bonds. The van der Waals surface area contributed by atoms with Gasteiger partial charge in [-0.15, -0.1) is 0 Å². The molecular weight excluding hydrogens is 270 g/mol. The first kappa shape index (κ1) is 15.0. The summed E-state index contributed by atoms with van der Waals surface area (Å²) in [6, 6.07) is 7.12. The van der Waals surface area contributed by atoms with Crippen molar-refractivity contribution >= 4 is 11.7 Å². The molecule has 1 heterocycles. The molecule has 0 spiro atoms. The number of anilines is 1. The van der Waals surface area contributed by atoms with Crippen LogP contribution in [0, 0.1) is 6.92 Å². The van der Waals surface area contributed by atoms with E-state index in [9.17, 15) is 4.79 Å². The van der Waals surface area contributed by atoms with Crippen LogP contribution >= 0.6 is 0 Å². The summed E-state index contributed by atoms with van der Waals surface area (Å²) in [4.78, 5) is 15.8. The van der Waals surface area contributed by atoms with Crippen LogP contribution in [0.5, 0.6) is 0 Å². The van der Waals surface area contributed by atoms with Crippen molar-refractivity contribution in [3.05, 3.63) is 41.5 Å². The van der Waals surface area contributed by atoms with Crippen LogP contribution < -0.4 is 16.4 Å². The molecule has 1 aromatic carbocycles. The van der Waals surface area contributed by atoms with Gasteiger partial charge in [-0.05, 0) is 31.5 Å². The maximum Gasteiger partial charge on any atom is 0.319 e. The summed E-state index contributed by atoms with van der Waals surface area (Å²) in [7, 11) is 0. The SMILES string of the molecule is Cc1noc(CCNC(=O)Nc2ccc(C(C)N)cc2)n1. The molecule has 7 heteroatoms. The summed E-state index contributed by atoms with van der Waals surface area (Å²) in [5.41, 5.74) is 7.50. The Morgan fingerprint density at radius 3 is 2.67 bits per heavy atom. The molecule has 21 heavy (non-hydrogen) atoms. The maximum absolute atomic E-state index is 11.7. The van der Waals surface area contributed by atoms with E-state index in [0.29, 0.717) is 30.4 Å². The normalized spacial score (nSPS) is 12.0. The average molecular weight is 289 g/mol. The van der Waals surface area contributed by atoms with E-state index in [0.717, 1.165) is 5.56 Å². The third-order valence-electron chi connectivity index (χ3n) is 2.89. The van der Waals surface area contributed by atoms with Crippen LogP contribution in [0.3, 0.4) is 0 Å². The fourth-order valence-electron chi connectivity index (χ4n) is 1.77. The number of aromatic nitrogens is 2. The smallest absolute Gasteiger partial charge is 0.319 e. The van der Waals surface area contributed by atoms with Crippen LogP contribution in [0.1, 0.15) is 30.2 Å². The molecule has 1 unspecified atom stereocenters. The monoisotopic (exact) mass is 289 g/mol. The minimum atomic E-state index is -0.278. The summed E-state index contributed by atoms with van der Waals surface area (Å²) in [5, 5.41) is 9.15. The fourth-order valence-corrected chi connectivity index (χ4v) is 1.77. The lowest BCUT2D eigenvalue weighted by Gasteiger charge is -2.09. The summed E-state index contributed by atoms with van der Waals surface area (Å²) in [6.45, 7) is 4.08. The summed E-state index contributed by atoms with van der Waals surface area (Å²) < 4.78 is 4.96. The zero-order valence-corrected chi connectivity index (χ0v) is 12.1. The van der Waals surface area contributed by atoms with Crippen molar-refractivity contribution in [3.63, 3.8) is 0 Å². The number of urea groups is 1. The second kappa shape index (κ2) is 6.85. The van der Waals surface area contributed by atoms with Crippen LogP contribution in [0.25, 0.3) is 0 Å². The lowest BCUT2D eigenvalue weighted by Crippen LogP contribution is -2.30. The number of aryl methyl sites for hydroxylation is 1. The average Bonchev–Trinajstić information content (AvgIpc) is 2.85. The number of rotatable bonds is 5. The Morgan fingerprint density at radius 2 is 2.10 bits per heavy atom. The van der Waals surface area contributed by atoms with Gasteiger partial charge in [-0.1, -0.05) is 17.3 Å². The number of hydrogen-bond acceptors (Lipinski definition) is 5. The number of carbonyl (C=O) groups is 1. The Labute approximate surface area is 122 Å². The molecule has 112 valence electrons. The van der Waals surface area contributed by atoms with Gasteiger partial charge in [0, 0.05) is 24.7 Å². The standard InChI is InChI=1S/C14H19N5O2/c1-9(15)11-3-5-12(6-4-11)18-14(20)16-8-7-13-17-10(2)19-21-13/h3-6,9H,7-8,15H2,1-2H3,(H2,16,18,20). The zero-order valence-electron chi connectivity index (χ0n) is 12.1. The lowest BCUT2D eigenvalue weighted by molar-refractivity contribution is 0.252. The highest BCUT2D eigenvalue weighted by molar-refractivity contribution is 5.89. The highest BCUT2D eigenvalue weighted by atomic mass is 16.5. The van der Waals surface area contributed by atoms with Crippen molar-refractivity contribution in [2.45, 2.75) is 26.3 Å². The molecule has 0 fully saturated rings. The molecular formula is C14H19N5O2. The van der Waals surface area contributed by atoms with Gasteiger partial charge >= 0.3 is 6.03 Å². The van der Waals surface area contributed by atoms with Crippen molar-refractivity contribution in [2.75, 3.05) is 11.9 Å². The number of nitrogens with one attached hydrogen (secondary N) is 2. The Balaban J connectivity index is 1.76. The van der Waals surface area contributed by atoms with Gasteiger partial charge in [0.05, 0.1) is 0 Å². The molecule has 2 aromatic rings. The van der Waals surface area contributed by atoms with Gasteiger partial charge in [-0.2, -0.15) is 4.98 Å². The number of nitrogens with two attached hydrogens (primary N) is 1. The van der Waals surface area contributed by atoms with Gasteiger partial charge in [-0.25, -0.2) is 4.79 Å². The first-order valence-corrected chi connectivity index (χ1v) is 6.74. The highest BCUT2D eigenvalue weighted by Gasteiger charge is 2.05. The Bertz CT molecular complexity index is 592. The lowest BCUT2D eigenvalue weighted by atomic mass is 10.1. The van der Waals surface area contributed by atoms with Crippen molar-refractivity contribution in [1.29, 1.82) is 0 Å². The second-order valence-electron chi connectivity index (χ2n) is 4.78. The van der Waals surface area contributed by atoms with Gasteiger partial charge in [0.25, 0.3) is 0 Å². The van der Waals surface area contributed by atoms with Gasteiger partial charge in [0.2, 0.25) is 5.89 Å². The van der Waals surface area contributed by atoms with Crippen molar-refractivity contribution in [1.82, 2.24) is 15.5 Å². The van der Waals surface area contributed by atoms with Gasteiger partial charge in [0.15, 0.2) is 5.82 Å². The number of benzene rings is 1. The van der Waals surface area contributed by atoms with Crippen molar-refractivity contribution < 1.29 is 9.32 Å². The number of carbonyl (C=O) groups excluding carboxylic acids is 1. The van der Waals surface area contributed by atoms with Crippen LogP contribution in [-0.4, -0.2) is 22.7 Å². The largest absolute Gasteiger partial charge is 0.339 e. The molecule has 0 aliphatic carbocycles. The topological polar surface area (TPSA) is 106 Å². The molecule has 0 aliphatic rings. The Kier molecular flexibility index (Phi) is 4.89. The Morgan fingerprint density at radius 1 is 1.38 bits per heavy atom. The van der Waals surface area contributed by atoms with Crippen LogP contribution in [0.2, 0.25) is 0 Å². The molecule has 2 rings (SSSR count). The number of hydrogen-bond donors (Lipinski definition) is 3. The van der Waals surface area contributed by atoms with Gasteiger partial charge < -0.3 is 20.9 Å². The van der Waals surface area contributed by atoms with E-state index in [1.54, 1.807) is 6.92 Å². The van der Waals surface area contributed by atoms with Gasteiger partial charge in [-0.3, -0.25) is 0 Å². The Hall–Kier alpha value is -2.41. The molecule has 7 nitrogen and oxygen atoms in total. The minimum Gasteiger partial charge on any atom is -0.339 e. The van der Waals surface area contributed by atoms with Crippen molar-refractivity contribution in [3.8, 4) is 0 Å². The van der Waals surface area contributed by atoms with E-state index in [4.69, 9.17) is 10.3 Å². The zero-order chi connectivity index (χ0) is 15.2. The predicted octanol–water partition coefficient (Wildman–Crippen LogP) is 1.76. The molecule has 0 aliphatic heterocycles. The number of amides is 2. The van der Waals surface area contributed by atoms with Crippen LogP contribution in [0.15, 0.2) is 28.8 Å². The second-order valence-corrected chi connectivity index (χ2v) is 4.78. The highest BCUT2D eigenvalue weighted by Crippen LogP contribution is 2.13. The van der Waals surface area contributed by atoms with E-state index in [1.165, 1.54) is 0 Å². The van der Waals surface area contributed by atoms with E-state index in [-0.39, 0.29) is 12.1 Å². The molecule has 0 bridgehead atoms. The fraction of sp³-hybridized carbons (Fsp3) is 0.357. The first-order chi connectivity index (χ1) is 10.0. The first-order valence-electron chi connectivity index (χ1n) is 6.74. The predicted molar refractivity (Wildman–Crippen MR) is 78.8 cm³/mol. The van der Waals surface area contributed by atoms with E-state index in [1.807, 2.05) is 31.2 Å². The van der Waals surface area contributed by atoms with Crippen LogP contribution in [-0.2, 0) is 6.42 Å². The summed E-state index contributed by atoms with van der Waals surface area (Å²) in [6.07, 6.45) is 0.498. The quantitative estimate of drug-likeness (QED) is 0.777. The molecule has 0 saturated carbocycles. The molecule has 0 radical (unpaired) electrons. The molecule has 4 N–H and O–H groups in total. The van der Waals surface area contributed by atoms with Gasteiger partial charge in [0.1, 0.15) is 0 Å². The van der Waals surface area contributed by atoms with E-state index in [2.05, 4.69) is 20.8 Å². The third kappa shape index (κ3) is 4.57. The summed E-state index contributed by atoms with van der Waals surface area (Å²) >= 11 is 0. The summed E-state index contributed by atoms with van der Waals surface area (Å²) in [5.74, 6) is 1.10. The third-order valence-corrected chi connectivity index (χ3v) is 2.89. The maximum atomic E-state index is 11.7. The molecule has 1 aromatic heterocycles. The van der Waals surface area contributed by atoms with E-state index < -0.39 is 0 Å².